The Morgan fingerprint density at radius 1 is 1.31 bits per heavy atom. The number of alkyl halides is 1. The topological polar surface area (TPSA) is 47.0 Å². The monoisotopic (exact) mass is 261 g/mol. The van der Waals surface area contributed by atoms with E-state index in [4.69, 9.17) is 27.9 Å². The van der Waals surface area contributed by atoms with Crippen LogP contribution in [0.1, 0.15) is 12.8 Å². The summed E-state index contributed by atoms with van der Waals surface area (Å²) >= 11 is 11.7. The number of nitrogens with zero attached hydrogens (tertiary/aromatic N) is 2. The molecular formula is C10H13Cl2N3O. The molecule has 0 spiro atoms. The highest BCUT2D eigenvalue weighted by Gasteiger charge is 2.32. The third kappa shape index (κ3) is 2.75. The lowest BCUT2D eigenvalue weighted by molar-refractivity contribution is 0.0665. The number of halogens is 2. The van der Waals surface area contributed by atoms with Crippen molar-refractivity contribution >= 4 is 29.2 Å². The van der Waals surface area contributed by atoms with Gasteiger partial charge in [-0.1, -0.05) is 11.6 Å². The van der Waals surface area contributed by atoms with Gasteiger partial charge in [0.15, 0.2) is 0 Å². The molecule has 1 aromatic rings. The Balaban J connectivity index is 2.08. The van der Waals surface area contributed by atoms with E-state index in [2.05, 4.69) is 15.3 Å². The number of anilines is 1. The van der Waals surface area contributed by atoms with E-state index in [1.807, 2.05) is 0 Å². The summed E-state index contributed by atoms with van der Waals surface area (Å²) in [6.45, 7) is 1.43. The van der Waals surface area contributed by atoms with Gasteiger partial charge >= 0.3 is 0 Å². The van der Waals surface area contributed by atoms with Gasteiger partial charge in [0.05, 0.1) is 23.0 Å². The largest absolute Gasteiger partial charge is 0.381 e. The molecule has 1 saturated heterocycles. The molecule has 88 valence electrons. The molecule has 0 aromatic carbocycles. The zero-order valence-corrected chi connectivity index (χ0v) is 10.3. The highest BCUT2D eigenvalue weighted by Crippen LogP contribution is 2.25. The summed E-state index contributed by atoms with van der Waals surface area (Å²) in [6.07, 6.45) is 4.86. The summed E-state index contributed by atoms with van der Waals surface area (Å²) in [5.41, 5.74) is -0.159. The maximum absolute atomic E-state index is 6.02. The van der Waals surface area contributed by atoms with Gasteiger partial charge in [-0.25, -0.2) is 9.97 Å². The molecule has 0 bridgehead atoms. The number of nitrogens with one attached hydrogen (secondary N) is 1. The normalized spacial score (nSPS) is 19.4. The zero-order valence-electron chi connectivity index (χ0n) is 8.75. The van der Waals surface area contributed by atoms with Crippen molar-refractivity contribution in [2.45, 2.75) is 18.4 Å². The van der Waals surface area contributed by atoms with Crippen molar-refractivity contribution in [1.82, 2.24) is 9.97 Å². The molecule has 1 N–H and O–H groups in total. The first kappa shape index (κ1) is 11.9. The van der Waals surface area contributed by atoms with E-state index in [1.54, 1.807) is 12.4 Å². The Hall–Kier alpha value is -0.580. The van der Waals surface area contributed by atoms with E-state index < -0.39 is 0 Å². The Kier molecular flexibility index (Phi) is 3.84. The summed E-state index contributed by atoms with van der Waals surface area (Å²) in [4.78, 5) is 8.22. The van der Waals surface area contributed by atoms with E-state index in [9.17, 15) is 0 Å². The first-order valence-corrected chi connectivity index (χ1v) is 6.05. The lowest BCUT2D eigenvalue weighted by atomic mass is 9.92. The molecule has 1 fully saturated rings. The van der Waals surface area contributed by atoms with Crippen LogP contribution in [-0.2, 0) is 4.74 Å². The van der Waals surface area contributed by atoms with Gasteiger partial charge in [-0.15, -0.1) is 11.6 Å². The van der Waals surface area contributed by atoms with Gasteiger partial charge in [0.1, 0.15) is 0 Å². The zero-order chi connectivity index (χ0) is 11.4. The van der Waals surface area contributed by atoms with Gasteiger partial charge in [0.2, 0.25) is 5.95 Å². The second kappa shape index (κ2) is 5.17. The van der Waals surface area contributed by atoms with E-state index in [1.165, 1.54) is 0 Å². The van der Waals surface area contributed by atoms with Gasteiger partial charge in [-0.2, -0.15) is 0 Å². The highest BCUT2D eigenvalue weighted by atomic mass is 35.5. The molecule has 0 saturated carbocycles. The molecular weight excluding hydrogens is 249 g/mol. The third-order valence-corrected chi connectivity index (χ3v) is 3.41. The molecule has 1 aliphatic heterocycles. The molecule has 4 nitrogen and oxygen atoms in total. The summed E-state index contributed by atoms with van der Waals surface area (Å²) in [7, 11) is 0. The van der Waals surface area contributed by atoms with Crippen LogP contribution in [0.2, 0.25) is 5.02 Å². The quantitative estimate of drug-likeness (QED) is 0.849. The van der Waals surface area contributed by atoms with E-state index in [0.29, 0.717) is 30.1 Å². The van der Waals surface area contributed by atoms with Crippen molar-refractivity contribution in [2.75, 3.05) is 24.4 Å². The molecule has 0 amide bonds. The fourth-order valence-electron chi connectivity index (χ4n) is 1.67. The van der Waals surface area contributed by atoms with Crippen LogP contribution in [0.5, 0.6) is 0 Å². The summed E-state index contributed by atoms with van der Waals surface area (Å²) in [5.74, 6) is 1.08. The van der Waals surface area contributed by atoms with Crippen molar-refractivity contribution in [3.05, 3.63) is 17.4 Å². The van der Waals surface area contributed by atoms with Gasteiger partial charge < -0.3 is 10.1 Å². The molecule has 2 heterocycles. The molecule has 0 unspecified atom stereocenters. The second-order valence-corrected chi connectivity index (χ2v) is 4.58. The first-order chi connectivity index (χ1) is 7.74. The molecule has 0 radical (unpaired) electrons. The Bertz CT molecular complexity index is 338. The van der Waals surface area contributed by atoms with E-state index in [-0.39, 0.29) is 5.54 Å². The van der Waals surface area contributed by atoms with Crippen LogP contribution in [0.4, 0.5) is 5.95 Å². The van der Waals surface area contributed by atoms with Crippen LogP contribution in [0.15, 0.2) is 12.4 Å². The number of hydrogen-bond acceptors (Lipinski definition) is 4. The molecule has 1 aromatic heterocycles. The lowest BCUT2D eigenvalue weighted by Crippen LogP contribution is -2.45. The molecule has 16 heavy (non-hydrogen) atoms. The summed E-state index contributed by atoms with van der Waals surface area (Å²) < 4.78 is 5.32. The first-order valence-electron chi connectivity index (χ1n) is 5.14. The summed E-state index contributed by atoms with van der Waals surface area (Å²) in [5, 5.41) is 3.80. The van der Waals surface area contributed by atoms with Crippen molar-refractivity contribution in [1.29, 1.82) is 0 Å². The number of hydrogen-bond donors (Lipinski definition) is 1. The van der Waals surface area contributed by atoms with Gasteiger partial charge in [-0.3, -0.25) is 0 Å². The standard InChI is InChI=1S/C10H13Cl2N3O/c11-7-10(1-3-16-4-2-10)15-9-13-5-8(12)6-14-9/h5-6H,1-4,7H2,(H,13,14,15). The lowest BCUT2D eigenvalue weighted by Gasteiger charge is -2.36. The van der Waals surface area contributed by atoms with Crippen molar-refractivity contribution in [2.24, 2.45) is 0 Å². The van der Waals surface area contributed by atoms with Crippen molar-refractivity contribution in [3.63, 3.8) is 0 Å². The molecule has 2 rings (SSSR count). The van der Waals surface area contributed by atoms with Crippen molar-refractivity contribution < 1.29 is 4.74 Å². The average molecular weight is 262 g/mol. The Labute approximate surface area is 104 Å². The maximum Gasteiger partial charge on any atom is 0.223 e. The Morgan fingerprint density at radius 3 is 2.50 bits per heavy atom. The smallest absolute Gasteiger partial charge is 0.223 e. The molecule has 6 heteroatoms. The molecule has 0 atom stereocenters. The van der Waals surface area contributed by atoms with E-state index >= 15 is 0 Å². The van der Waals surface area contributed by atoms with Crippen LogP contribution in [0, 0.1) is 0 Å². The fraction of sp³-hybridized carbons (Fsp3) is 0.600. The number of ether oxygens (including phenoxy) is 1. The van der Waals surface area contributed by atoms with Crippen molar-refractivity contribution in [3.8, 4) is 0 Å². The summed E-state index contributed by atoms with van der Waals surface area (Å²) in [6, 6.07) is 0. The molecule has 1 aliphatic rings. The highest BCUT2D eigenvalue weighted by molar-refractivity contribution is 6.30. The van der Waals surface area contributed by atoms with E-state index in [0.717, 1.165) is 12.8 Å². The van der Waals surface area contributed by atoms with Crippen LogP contribution >= 0.6 is 23.2 Å². The minimum absolute atomic E-state index is 0.159. The second-order valence-electron chi connectivity index (χ2n) is 3.88. The maximum atomic E-state index is 6.02. The van der Waals surface area contributed by atoms with Crippen LogP contribution < -0.4 is 5.32 Å². The average Bonchev–Trinajstić information content (AvgIpc) is 2.33. The predicted molar refractivity (Wildman–Crippen MR) is 64.2 cm³/mol. The van der Waals surface area contributed by atoms with Gasteiger partial charge in [-0.05, 0) is 12.8 Å². The molecule has 0 aliphatic carbocycles. The van der Waals surface area contributed by atoms with Crippen LogP contribution in [0.25, 0.3) is 0 Å². The third-order valence-electron chi connectivity index (χ3n) is 2.70. The van der Waals surface area contributed by atoms with Gasteiger partial charge in [0.25, 0.3) is 0 Å². The minimum Gasteiger partial charge on any atom is -0.381 e. The SMILES string of the molecule is ClCC1(Nc2ncc(Cl)cn2)CCOCC1. The fourth-order valence-corrected chi connectivity index (χ4v) is 2.10. The van der Waals surface area contributed by atoms with Gasteiger partial charge in [0, 0.05) is 19.1 Å². The number of aromatic nitrogens is 2. The van der Waals surface area contributed by atoms with Crippen LogP contribution in [-0.4, -0.2) is 34.6 Å². The minimum atomic E-state index is -0.159. The predicted octanol–water partition coefficient (Wildman–Crippen LogP) is 2.33. The Morgan fingerprint density at radius 2 is 1.94 bits per heavy atom. The number of rotatable bonds is 3. The van der Waals surface area contributed by atoms with Crippen LogP contribution in [0.3, 0.4) is 0 Å².